The van der Waals surface area contributed by atoms with Crippen molar-refractivity contribution in [2.45, 2.75) is 17.4 Å². The molecule has 1 aliphatic rings. The lowest BCUT2D eigenvalue weighted by molar-refractivity contribution is 0.623. The van der Waals surface area contributed by atoms with E-state index in [0.29, 0.717) is 5.69 Å². The average molecular weight is 284 g/mol. The van der Waals surface area contributed by atoms with E-state index < -0.39 is 5.82 Å². The molecule has 2 aromatic carbocycles. The molecule has 2 aromatic rings. The summed E-state index contributed by atoms with van der Waals surface area (Å²) in [5.41, 5.74) is 1.87. The fraction of sp³-hybridized carbons (Fsp3) is 0.188. The fourth-order valence-corrected chi connectivity index (χ4v) is 3.56. The second kappa shape index (κ2) is 5.56. The predicted molar refractivity (Wildman–Crippen MR) is 79.3 cm³/mol. The molecule has 2 nitrogen and oxygen atoms in total. The Balaban J connectivity index is 1.94. The van der Waals surface area contributed by atoms with E-state index in [1.54, 1.807) is 12.1 Å². The highest BCUT2D eigenvalue weighted by Crippen LogP contribution is 2.38. The third-order valence-corrected chi connectivity index (χ3v) is 4.54. The summed E-state index contributed by atoms with van der Waals surface area (Å²) in [7, 11) is 0. The number of thioether (sulfide) groups is 1. The van der Waals surface area contributed by atoms with Gasteiger partial charge in [-0.05, 0) is 30.2 Å². The third kappa shape index (κ3) is 2.37. The Hall–Kier alpha value is -1.99. The van der Waals surface area contributed by atoms with Gasteiger partial charge in [0.05, 0.1) is 11.7 Å². The minimum Gasteiger partial charge on any atom is -0.377 e. The minimum absolute atomic E-state index is 0.0863. The molecule has 4 heteroatoms. The van der Waals surface area contributed by atoms with Crippen molar-refractivity contribution < 1.29 is 4.39 Å². The molecule has 1 heterocycles. The molecule has 1 N–H and O–H groups in total. The van der Waals surface area contributed by atoms with Crippen molar-refractivity contribution in [1.82, 2.24) is 0 Å². The van der Waals surface area contributed by atoms with E-state index in [9.17, 15) is 4.39 Å². The zero-order chi connectivity index (χ0) is 13.9. The van der Waals surface area contributed by atoms with Crippen LogP contribution in [-0.4, -0.2) is 5.75 Å². The number of hydrogen-bond acceptors (Lipinski definition) is 3. The number of nitrogens with one attached hydrogen (secondary N) is 1. The molecule has 3 rings (SSSR count). The molecule has 0 saturated carbocycles. The van der Waals surface area contributed by atoms with E-state index in [0.717, 1.165) is 12.2 Å². The molecule has 20 heavy (non-hydrogen) atoms. The van der Waals surface area contributed by atoms with Gasteiger partial charge in [-0.15, -0.1) is 11.8 Å². The standard InChI is InChI=1S/C16H13FN2S/c17-13-5-3-6-14(12(13)10-18)19-15-8-9-20-16-7-2-1-4-11(15)16/h1-7,15,19H,8-9H2. The number of halogens is 1. The zero-order valence-electron chi connectivity index (χ0n) is 10.8. The van der Waals surface area contributed by atoms with E-state index in [2.05, 4.69) is 17.4 Å². The molecular formula is C16H13FN2S. The van der Waals surface area contributed by atoms with Crippen molar-refractivity contribution >= 4 is 17.4 Å². The molecule has 1 atom stereocenters. The van der Waals surface area contributed by atoms with Gasteiger partial charge in [-0.25, -0.2) is 4.39 Å². The SMILES string of the molecule is N#Cc1c(F)cccc1NC1CCSc2ccccc21. The van der Waals surface area contributed by atoms with Crippen molar-refractivity contribution in [3.63, 3.8) is 0 Å². The topological polar surface area (TPSA) is 35.8 Å². The number of hydrogen-bond donors (Lipinski definition) is 1. The normalized spacial score (nSPS) is 17.1. The van der Waals surface area contributed by atoms with Gasteiger partial charge in [-0.3, -0.25) is 0 Å². The van der Waals surface area contributed by atoms with E-state index in [1.165, 1.54) is 16.5 Å². The fourth-order valence-electron chi connectivity index (χ4n) is 2.44. The zero-order valence-corrected chi connectivity index (χ0v) is 11.6. The number of anilines is 1. The van der Waals surface area contributed by atoms with E-state index >= 15 is 0 Å². The molecule has 0 amide bonds. The number of rotatable bonds is 2. The van der Waals surface area contributed by atoms with Crippen molar-refractivity contribution in [1.29, 1.82) is 5.26 Å². The van der Waals surface area contributed by atoms with E-state index in [4.69, 9.17) is 5.26 Å². The van der Waals surface area contributed by atoms with Crippen molar-refractivity contribution in [2.75, 3.05) is 11.1 Å². The van der Waals surface area contributed by atoms with Crippen LogP contribution in [0, 0.1) is 17.1 Å². The Labute approximate surface area is 121 Å². The first-order valence-corrected chi connectivity index (χ1v) is 7.45. The molecule has 0 saturated heterocycles. The van der Waals surface area contributed by atoms with Crippen LogP contribution < -0.4 is 5.32 Å². The lowest BCUT2D eigenvalue weighted by atomic mass is 10.0. The van der Waals surface area contributed by atoms with Crippen LogP contribution in [0.3, 0.4) is 0 Å². The summed E-state index contributed by atoms with van der Waals surface area (Å²) in [5.74, 6) is 0.544. The summed E-state index contributed by atoms with van der Waals surface area (Å²) in [6.45, 7) is 0. The monoisotopic (exact) mass is 284 g/mol. The number of nitrogens with zero attached hydrogens (tertiary/aromatic N) is 1. The van der Waals surface area contributed by atoms with Gasteiger partial charge >= 0.3 is 0 Å². The van der Waals surface area contributed by atoms with Crippen LogP contribution in [-0.2, 0) is 0 Å². The quantitative estimate of drug-likeness (QED) is 0.890. The maximum atomic E-state index is 13.6. The van der Waals surface area contributed by atoms with Crippen molar-refractivity contribution in [3.8, 4) is 6.07 Å². The maximum absolute atomic E-state index is 13.6. The molecular weight excluding hydrogens is 271 g/mol. The van der Waals surface area contributed by atoms with Crippen LogP contribution >= 0.6 is 11.8 Å². The van der Waals surface area contributed by atoms with Gasteiger partial charge in [0.25, 0.3) is 0 Å². The molecule has 0 fully saturated rings. The van der Waals surface area contributed by atoms with Gasteiger partial charge in [-0.2, -0.15) is 5.26 Å². The molecule has 100 valence electrons. The average Bonchev–Trinajstić information content (AvgIpc) is 2.48. The molecule has 0 spiro atoms. The summed E-state index contributed by atoms with van der Waals surface area (Å²) in [4.78, 5) is 1.26. The first-order valence-electron chi connectivity index (χ1n) is 6.46. The predicted octanol–water partition coefficient (Wildman–Crippen LogP) is 4.35. The highest BCUT2D eigenvalue weighted by atomic mass is 32.2. The van der Waals surface area contributed by atoms with Gasteiger partial charge < -0.3 is 5.32 Å². The van der Waals surface area contributed by atoms with E-state index in [1.807, 2.05) is 30.0 Å². The second-order valence-electron chi connectivity index (χ2n) is 4.65. The van der Waals surface area contributed by atoms with Crippen LogP contribution in [0.15, 0.2) is 47.4 Å². The maximum Gasteiger partial charge on any atom is 0.143 e. The molecule has 0 aliphatic carbocycles. The Kier molecular flexibility index (Phi) is 3.62. The molecule has 1 unspecified atom stereocenters. The smallest absolute Gasteiger partial charge is 0.143 e. The summed E-state index contributed by atoms with van der Waals surface area (Å²) in [6, 6.07) is 15.0. The first-order chi connectivity index (χ1) is 9.79. The van der Waals surface area contributed by atoms with Gasteiger partial charge in [0.15, 0.2) is 0 Å². The number of nitriles is 1. The summed E-state index contributed by atoms with van der Waals surface area (Å²) >= 11 is 1.84. The van der Waals surface area contributed by atoms with Gasteiger partial charge in [0.1, 0.15) is 17.4 Å². The second-order valence-corrected chi connectivity index (χ2v) is 5.78. The summed E-state index contributed by atoms with van der Waals surface area (Å²) < 4.78 is 13.6. The van der Waals surface area contributed by atoms with Crippen LogP contribution in [0.5, 0.6) is 0 Å². The molecule has 0 bridgehead atoms. The molecule has 0 aromatic heterocycles. The Morgan fingerprint density at radius 1 is 1.20 bits per heavy atom. The van der Waals surface area contributed by atoms with Gasteiger partial charge in [0.2, 0.25) is 0 Å². The molecule has 1 aliphatic heterocycles. The van der Waals surface area contributed by atoms with Gasteiger partial charge in [0, 0.05) is 10.6 Å². The van der Waals surface area contributed by atoms with Crippen molar-refractivity contribution in [3.05, 3.63) is 59.4 Å². The van der Waals surface area contributed by atoms with Crippen LogP contribution in [0.4, 0.5) is 10.1 Å². The highest BCUT2D eigenvalue weighted by Gasteiger charge is 2.21. The largest absolute Gasteiger partial charge is 0.377 e. The first kappa shape index (κ1) is 13.0. The van der Waals surface area contributed by atoms with Crippen molar-refractivity contribution in [2.24, 2.45) is 0 Å². The number of fused-ring (bicyclic) bond motifs is 1. The van der Waals surface area contributed by atoms with E-state index in [-0.39, 0.29) is 11.6 Å². The van der Waals surface area contributed by atoms with Crippen LogP contribution in [0.1, 0.15) is 23.6 Å². The Bertz CT molecular complexity index is 678. The van der Waals surface area contributed by atoms with Crippen LogP contribution in [0.2, 0.25) is 0 Å². The lowest BCUT2D eigenvalue weighted by Crippen LogP contribution is -2.16. The number of benzene rings is 2. The minimum atomic E-state index is -0.476. The summed E-state index contributed by atoms with van der Waals surface area (Å²) in [6.07, 6.45) is 0.961. The lowest BCUT2D eigenvalue weighted by Gasteiger charge is -2.27. The Morgan fingerprint density at radius 3 is 2.90 bits per heavy atom. The third-order valence-electron chi connectivity index (χ3n) is 3.41. The molecule has 0 radical (unpaired) electrons. The van der Waals surface area contributed by atoms with Crippen LogP contribution in [0.25, 0.3) is 0 Å². The Morgan fingerprint density at radius 2 is 2.05 bits per heavy atom. The summed E-state index contributed by atoms with van der Waals surface area (Å²) in [5, 5.41) is 12.4. The highest BCUT2D eigenvalue weighted by molar-refractivity contribution is 7.99. The van der Waals surface area contributed by atoms with Gasteiger partial charge in [-0.1, -0.05) is 24.3 Å².